The van der Waals surface area contributed by atoms with Gasteiger partial charge in [-0.15, -0.1) is 0 Å². The van der Waals surface area contributed by atoms with Gasteiger partial charge in [0.25, 0.3) is 0 Å². The fourth-order valence-corrected chi connectivity index (χ4v) is 1.54. The second-order valence-corrected chi connectivity index (χ2v) is 4.02. The summed E-state index contributed by atoms with van der Waals surface area (Å²) in [6.45, 7) is 3.69. The van der Waals surface area contributed by atoms with Crippen LogP contribution in [0.1, 0.15) is 19.4 Å². The third-order valence-corrected chi connectivity index (χ3v) is 2.42. The predicted molar refractivity (Wildman–Crippen MR) is 61.4 cm³/mol. The van der Waals surface area contributed by atoms with E-state index < -0.39 is 0 Å². The van der Waals surface area contributed by atoms with Gasteiger partial charge in [0.15, 0.2) is 0 Å². The molecule has 1 aromatic rings. The van der Waals surface area contributed by atoms with Crippen LogP contribution >= 0.6 is 0 Å². The lowest BCUT2D eigenvalue weighted by atomic mass is 10.1. The molecular formula is C12H17FN2O. The molecule has 2 unspecified atom stereocenters. The second-order valence-electron chi connectivity index (χ2n) is 4.02. The summed E-state index contributed by atoms with van der Waals surface area (Å²) in [5, 5.41) is 3.07. The molecule has 1 amide bonds. The molecule has 0 heterocycles. The van der Waals surface area contributed by atoms with E-state index in [0.29, 0.717) is 0 Å². The first-order valence-corrected chi connectivity index (χ1v) is 5.29. The molecule has 0 aliphatic carbocycles. The highest BCUT2D eigenvalue weighted by Gasteiger charge is 2.12. The maximum atomic E-state index is 12.7. The van der Waals surface area contributed by atoms with Crippen molar-refractivity contribution in [3.8, 4) is 0 Å². The van der Waals surface area contributed by atoms with Crippen molar-refractivity contribution in [2.45, 2.75) is 32.4 Å². The Hall–Kier alpha value is -1.42. The maximum Gasteiger partial charge on any atom is 0.234 e. The molecule has 0 spiro atoms. The summed E-state index contributed by atoms with van der Waals surface area (Å²) < 4.78 is 12.7. The lowest BCUT2D eigenvalue weighted by molar-refractivity contribution is -0.119. The third-order valence-electron chi connectivity index (χ3n) is 2.42. The molecule has 88 valence electrons. The monoisotopic (exact) mass is 224 g/mol. The van der Waals surface area contributed by atoms with E-state index in [4.69, 9.17) is 5.73 Å². The van der Waals surface area contributed by atoms with E-state index in [1.54, 1.807) is 19.1 Å². The standard InChI is InChI=1S/C12H17FN2O/c1-8(15-9(2)12(14)16)7-10-3-5-11(13)6-4-10/h3-6,8-9,15H,7H2,1-2H3,(H2,14,16). The van der Waals surface area contributed by atoms with Crippen LogP contribution in [0.15, 0.2) is 24.3 Å². The van der Waals surface area contributed by atoms with Crippen molar-refractivity contribution in [3.05, 3.63) is 35.6 Å². The average molecular weight is 224 g/mol. The van der Waals surface area contributed by atoms with Crippen LogP contribution in [-0.2, 0) is 11.2 Å². The minimum Gasteiger partial charge on any atom is -0.368 e. The second kappa shape index (κ2) is 5.61. The van der Waals surface area contributed by atoms with Crippen LogP contribution in [0.25, 0.3) is 0 Å². The molecule has 4 heteroatoms. The summed E-state index contributed by atoms with van der Waals surface area (Å²) in [6.07, 6.45) is 0.734. The first kappa shape index (κ1) is 12.6. The van der Waals surface area contributed by atoms with Gasteiger partial charge in [-0.25, -0.2) is 4.39 Å². The van der Waals surface area contributed by atoms with E-state index >= 15 is 0 Å². The molecule has 0 aromatic heterocycles. The molecule has 0 fully saturated rings. The Morgan fingerprint density at radius 1 is 1.38 bits per heavy atom. The summed E-state index contributed by atoms with van der Waals surface area (Å²) in [5.74, 6) is -0.610. The minimum atomic E-state index is -0.369. The third kappa shape index (κ3) is 3.98. The van der Waals surface area contributed by atoms with Crippen LogP contribution in [0.3, 0.4) is 0 Å². The van der Waals surface area contributed by atoms with Crippen LogP contribution in [0.5, 0.6) is 0 Å². The van der Waals surface area contributed by atoms with Crippen molar-refractivity contribution < 1.29 is 9.18 Å². The topological polar surface area (TPSA) is 55.1 Å². The van der Waals surface area contributed by atoms with Crippen molar-refractivity contribution >= 4 is 5.91 Å². The number of halogens is 1. The molecule has 0 saturated carbocycles. The zero-order valence-electron chi connectivity index (χ0n) is 9.53. The van der Waals surface area contributed by atoms with Gasteiger partial charge in [-0.1, -0.05) is 12.1 Å². The minimum absolute atomic E-state index is 0.118. The summed E-state index contributed by atoms with van der Waals surface area (Å²) in [5.41, 5.74) is 6.17. The molecule has 0 saturated heterocycles. The molecule has 1 rings (SSSR count). The first-order chi connectivity index (χ1) is 7.49. The molecular weight excluding hydrogens is 207 g/mol. The number of nitrogens with one attached hydrogen (secondary N) is 1. The van der Waals surface area contributed by atoms with E-state index in [1.165, 1.54) is 12.1 Å². The van der Waals surface area contributed by atoms with Crippen molar-refractivity contribution in [2.75, 3.05) is 0 Å². The molecule has 0 aliphatic heterocycles. The highest BCUT2D eigenvalue weighted by atomic mass is 19.1. The van der Waals surface area contributed by atoms with E-state index in [0.717, 1.165) is 12.0 Å². The van der Waals surface area contributed by atoms with Crippen LogP contribution < -0.4 is 11.1 Å². The molecule has 16 heavy (non-hydrogen) atoms. The molecule has 0 bridgehead atoms. The molecule has 0 aliphatic rings. The van der Waals surface area contributed by atoms with Gasteiger partial charge in [0.05, 0.1) is 6.04 Å². The Morgan fingerprint density at radius 3 is 2.44 bits per heavy atom. The average Bonchev–Trinajstić information content (AvgIpc) is 2.21. The van der Waals surface area contributed by atoms with Crippen LogP contribution in [-0.4, -0.2) is 18.0 Å². The van der Waals surface area contributed by atoms with E-state index in [-0.39, 0.29) is 23.8 Å². The molecule has 2 atom stereocenters. The van der Waals surface area contributed by atoms with Crippen LogP contribution in [0.2, 0.25) is 0 Å². The fourth-order valence-electron chi connectivity index (χ4n) is 1.54. The fraction of sp³-hybridized carbons (Fsp3) is 0.417. The Labute approximate surface area is 94.8 Å². The van der Waals surface area contributed by atoms with Gasteiger partial charge in [-0.2, -0.15) is 0 Å². The summed E-state index contributed by atoms with van der Waals surface area (Å²) in [6, 6.07) is 6.10. The van der Waals surface area contributed by atoms with E-state index in [9.17, 15) is 9.18 Å². The maximum absolute atomic E-state index is 12.7. The van der Waals surface area contributed by atoms with Crippen LogP contribution in [0.4, 0.5) is 4.39 Å². The first-order valence-electron chi connectivity index (χ1n) is 5.29. The molecule has 3 nitrogen and oxygen atoms in total. The number of hydrogen-bond donors (Lipinski definition) is 2. The molecule has 3 N–H and O–H groups in total. The van der Waals surface area contributed by atoms with Gasteiger partial charge in [0, 0.05) is 6.04 Å². The van der Waals surface area contributed by atoms with E-state index in [2.05, 4.69) is 5.32 Å². The number of carbonyl (C=O) groups excluding carboxylic acids is 1. The Kier molecular flexibility index (Phi) is 4.43. The van der Waals surface area contributed by atoms with Crippen molar-refractivity contribution in [1.29, 1.82) is 0 Å². The number of hydrogen-bond acceptors (Lipinski definition) is 2. The summed E-state index contributed by atoms with van der Waals surface area (Å²) >= 11 is 0. The van der Waals surface area contributed by atoms with Crippen molar-refractivity contribution in [3.63, 3.8) is 0 Å². The zero-order valence-corrected chi connectivity index (χ0v) is 9.53. The number of amides is 1. The number of benzene rings is 1. The normalized spacial score (nSPS) is 14.4. The Bertz CT molecular complexity index is 351. The number of primary amides is 1. The van der Waals surface area contributed by atoms with E-state index in [1.807, 2.05) is 6.92 Å². The highest BCUT2D eigenvalue weighted by Crippen LogP contribution is 2.06. The molecule has 0 radical (unpaired) electrons. The smallest absolute Gasteiger partial charge is 0.234 e. The van der Waals surface area contributed by atoms with Crippen molar-refractivity contribution in [1.82, 2.24) is 5.32 Å². The van der Waals surface area contributed by atoms with Gasteiger partial charge >= 0.3 is 0 Å². The van der Waals surface area contributed by atoms with Gasteiger partial charge in [0.2, 0.25) is 5.91 Å². The number of carbonyl (C=O) groups is 1. The van der Waals surface area contributed by atoms with Crippen molar-refractivity contribution in [2.24, 2.45) is 5.73 Å². The summed E-state index contributed by atoms with van der Waals surface area (Å²) in [4.78, 5) is 10.8. The lowest BCUT2D eigenvalue weighted by Crippen LogP contribution is -2.44. The Balaban J connectivity index is 2.48. The van der Waals surface area contributed by atoms with Gasteiger partial charge in [-0.3, -0.25) is 4.79 Å². The lowest BCUT2D eigenvalue weighted by Gasteiger charge is -2.17. The zero-order chi connectivity index (χ0) is 12.1. The van der Waals surface area contributed by atoms with Gasteiger partial charge < -0.3 is 11.1 Å². The summed E-state index contributed by atoms with van der Waals surface area (Å²) in [7, 11) is 0. The Morgan fingerprint density at radius 2 is 1.94 bits per heavy atom. The highest BCUT2D eigenvalue weighted by molar-refractivity contribution is 5.79. The van der Waals surface area contributed by atoms with Gasteiger partial charge in [0.1, 0.15) is 5.82 Å². The van der Waals surface area contributed by atoms with Gasteiger partial charge in [-0.05, 0) is 38.0 Å². The molecule has 1 aromatic carbocycles. The largest absolute Gasteiger partial charge is 0.368 e. The van der Waals surface area contributed by atoms with Crippen LogP contribution in [0, 0.1) is 5.82 Å². The number of nitrogens with two attached hydrogens (primary N) is 1. The SMILES string of the molecule is CC(Cc1ccc(F)cc1)NC(C)C(N)=O. The quantitative estimate of drug-likeness (QED) is 0.790. The number of rotatable bonds is 5. The predicted octanol–water partition coefficient (Wildman–Crippen LogP) is 1.22.